The van der Waals surface area contributed by atoms with Crippen LogP contribution in [-0.4, -0.2) is 11.5 Å². The van der Waals surface area contributed by atoms with Gasteiger partial charge in [-0.1, -0.05) is 29.8 Å². The number of nitrogens with one attached hydrogen (secondary N) is 1. The van der Waals surface area contributed by atoms with E-state index >= 15 is 0 Å². The summed E-state index contributed by atoms with van der Waals surface area (Å²) in [6.45, 7) is 5.65. The van der Waals surface area contributed by atoms with E-state index in [4.69, 9.17) is 5.73 Å². The van der Waals surface area contributed by atoms with Gasteiger partial charge in [-0.25, -0.2) is 4.98 Å². The predicted molar refractivity (Wildman–Crippen MR) is 76.7 cm³/mol. The minimum absolute atomic E-state index is 0.0327. The normalized spacial score (nSPS) is 12.6. The van der Waals surface area contributed by atoms with Crippen molar-refractivity contribution < 1.29 is 0 Å². The molecule has 0 saturated heterocycles. The van der Waals surface area contributed by atoms with Crippen LogP contribution in [0.4, 0.5) is 0 Å². The summed E-state index contributed by atoms with van der Waals surface area (Å²) in [5.74, 6) is 0. The monoisotopic (exact) mass is 261 g/mol. The lowest BCUT2D eigenvalue weighted by Crippen LogP contribution is -2.26. The lowest BCUT2D eigenvalue weighted by Gasteiger charge is -2.12. The summed E-state index contributed by atoms with van der Waals surface area (Å²) in [4.78, 5) is 4.41. The molecular formula is C14H19N3S. The van der Waals surface area contributed by atoms with Gasteiger partial charge < -0.3 is 11.1 Å². The lowest BCUT2D eigenvalue weighted by molar-refractivity contribution is 0.593. The molecule has 2 rings (SSSR count). The molecule has 1 aromatic heterocycles. The van der Waals surface area contributed by atoms with Crippen molar-refractivity contribution in [1.29, 1.82) is 0 Å². The Balaban J connectivity index is 1.81. The molecule has 0 aliphatic rings. The van der Waals surface area contributed by atoms with Gasteiger partial charge in [0.25, 0.3) is 0 Å². The molecule has 18 heavy (non-hydrogen) atoms. The number of thiazole rings is 1. The van der Waals surface area contributed by atoms with Gasteiger partial charge in [0, 0.05) is 24.5 Å². The first-order valence-corrected chi connectivity index (χ1v) is 6.97. The van der Waals surface area contributed by atoms with Gasteiger partial charge >= 0.3 is 0 Å². The molecular weight excluding hydrogens is 242 g/mol. The first-order chi connectivity index (χ1) is 8.65. The molecule has 0 aliphatic heterocycles. The van der Waals surface area contributed by atoms with Crippen molar-refractivity contribution in [2.75, 3.05) is 6.54 Å². The van der Waals surface area contributed by atoms with Gasteiger partial charge in [-0.3, -0.25) is 0 Å². The molecule has 1 heterocycles. The number of aryl methyl sites for hydroxylation is 2. The van der Waals surface area contributed by atoms with Crippen LogP contribution in [0.2, 0.25) is 0 Å². The zero-order valence-electron chi connectivity index (χ0n) is 10.8. The molecule has 1 unspecified atom stereocenters. The van der Waals surface area contributed by atoms with E-state index in [0.29, 0.717) is 0 Å². The van der Waals surface area contributed by atoms with Crippen molar-refractivity contribution in [3.05, 3.63) is 51.5 Å². The van der Waals surface area contributed by atoms with Gasteiger partial charge in [-0.15, -0.1) is 11.3 Å². The second-order valence-corrected chi connectivity index (χ2v) is 5.57. The van der Waals surface area contributed by atoms with E-state index in [1.54, 1.807) is 11.3 Å². The third-order valence-electron chi connectivity index (χ3n) is 2.84. The van der Waals surface area contributed by atoms with E-state index in [0.717, 1.165) is 23.8 Å². The van der Waals surface area contributed by atoms with Crippen LogP contribution in [0.25, 0.3) is 0 Å². The summed E-state index contributed by atoms with van der Waals surface area (Å²) in [6.07, 6.45) is 0. The Hall–Kier alpha value is -1.23. The van der Waals surface area contributed by atoms with Crippen molar-refractivity contribution in [1.82, 2.24) is 10.3 Å². The number of aromatic nitrogens is 1. The third kappa shape index (κ3) is 3.63. The van der Waals surface area contributed by atoms with Crippen LogP contribution in [0.5, 0.6) is 0 Å². The van der Waals surface area contributed by atoms with Gasteiger partial charge in [0.15, 0.2) is 0 Å². The average Bonchev–Trinajstić information content (AvgIpc) is 2.76. The molecule has 0 bridgehead atoms. The molecule has 0 saturated carbocycles. The summed E-state index contributed by atoms with van der Waals surface area (Å²) >= 11 is 1.68. The first-order valence-electron chi connectivity index (χ1n) is 6.09. The third-order valence-corrected chi connectivity index (χ3v) is 3.66. The quantitative estimate of drug-likeness (QED) is 0.869. The maximum absolute atomic E-state index is 6.13. The van der Waals surface area contributed by atoms with E-state index in [-0.39, 0.29) is 6.04 Å². The van der Waals surface area contributed by atoms with E-state index in [1.165, 1.54) is 11.1 Å². The van der Waals surface area contributed by atoms with Gasteiger partial charge in [-0.05, 0) is 19.4 Å². The van der Waals surface area contributed by atoms with Gasteiger partial charge in [0.05, 0.1) is 10.7 Å². The molecule has 0 fully saturated rings. The Morgan fingerprint density at radius 2 is 2.00 bits per heavy atom. The van der Waals surface area contributed by atoms with Gasteiger partial charge in [0.1, 0.15) is 0 Å². The van der Waals surface area contributed by atoms with Crippen LogP contribution in [0.15, 0.2) is 29.6 Å². The fourth-order valence-electron chi connectivity index (χ4n) is 1.78. The summed E-state index contributed by atoms with van der Waals surface area (Å²) in [6, 6.07) is 8.41. The highest BCUT2D eigenvalue weighted by molar-refractivity contribution is 7.09. The second kappa shape index (κ2) is 6.09. The molecule has 4 heteroatoms. The highest BCUT2D eigenvalue weighted by atomic mass is 32.1. The topological polar surface area (TPSA) is 50.9 Å². The minimum Gasteiger partial charge on any atom is -0.323 e. The van der Waals surface area contributed by atoms with Crippen molar-refractivity contribution >= 4 is 11.3 Å². The highest BCUT2D eigenvalue weighted by Gasteiger charge is 2.05. The smallest absolute Gasteiger partial charge is 0.0897 e. The van der Waals surface area contributed by atoms with Crippen LogP contribution >= 0.6 is 11.3 Å². The van der Waals surface area contributed by atoms with Crippen molar-refractivity contribution in [2.45, 2.75) is 26.4 Å². The molecule has 0 radical (unpaired) electrons. The lowest BCUT2D eigenvalue weighted by atomic mass is 10.1. The van der Waals surface area contributed by atoms with Crippen LogP contribution in [0, 0.1) is 13.8 Å². The van der Waals surface area contributed by atoms with Crippen LogP contribution in [0.3, 0.4) is 0 Å². The summed E-state index contributed by atoms with van der Waals surface area (Å²) < 4.78 is 0. The largest absolute Gasteiger partial charge is 0.323 e. The Bertz CT molecular complexity index is 490. The van der Waals surface area contributed by atoms with E-state index in [9.17, 15) is 0 Å². The van der Waals surface area contributed by atoms with Crippen LogP contribution in [0.1, 0.15) is 27.9 Å². The number of hydrogen-bond acceptors (Lipinski definition) is 4. The molecule has 96 valence electrons. The van der Waals surface area contributed by atoms with Crippen LogP contribution in [-0.2, 0) is 6.54 Å². The maximum atomic E-state index is 6.13. The molecule has 3 nitrogen and oxygen atoms in total. The minimum atomic E-state index is 0.0327. The zero-order valence-corrected chi connectivity index (χ0v) is 11.6. The molecule has 2 aromatic rings. The maximum Gasteiger partial charge on any atom is 0.0897 e. The fraction of sp³-hybridized carbons (Fsp3) is 0.357. The van der Waals surface area contributed by atoms with Gasteiger partial charge in [0.2, 0.25) is 0 Å². The number of nitrogens with zero attached hydrogens (tertiary/aromatic N) is 1. The zero-order chi connectivity index (χ0) is 13.0. The Kier molecular flexibility index (Phi) is 4.47. The predicted octanol–water partition coefficient (Wildman–Crippen LogP) is 2.55. The number of rotatable bonds is 5. The standard InChI is InChI=1S/C14H19N3S/c1-10-3-5-12(6-4-10)14(15)8-16-7-13-9-18-11(2)17-13/h3-6,9,14,16H,7-8,15H2,1-2H3. The van der Waals surface area contributed by atoms with E-state index in [1.807, 2.05) is 6.92 Å². The van der Waals surface area contributed by atoms with Crippen molar-refractivity contribution in [2.24, 2.45) is 5.73 Å². The summed E-state index contributed by atoms with van der Waals surface area (Å²) in [7, 11) is 0. The first kappa shape index (κ1) is 13.2. The van der Waals surface area contributed by atoms with Gasteiger partial charge in [-0.2, -0.15) is 0 Å². The summed E-state index contributed by atoms with van der Waals surface area (Å²) in [5, 5.41) is 6.54. The van der Waals surface area contributed by atoms with E-state index < -0.39 is 0 Å². The Morgan fingerprint density at radius 3 is 2.61 bits per heavy atom. The van der Waals surface area contributed by atoms with Crippen molar-refractivity contribution in [3.8, 4) is 0 Å². The van der Waals surface area contributed by atoms with Crippen molar-refractivity contribution in [3.63, 3.8) is 0 Å². The second-order valence-electron chi connectivity index (χ2n) is 4.51. The fourth-order valence-corrected chi connectivity index (χ4v) is 2.39. The number of hydrogen-bond donors (Lipinski definition) is 2. The molecule has 1 atom stereocenters. The average molecular weight is 261 g/mol. The van der Waals surface area contributed by atoms with Crippen LogP contribution < -0.4 is 11.1 Å². The Labute approximate surface area is 112 Å². The number of benzene rings is 1. The molecule has 1 aromatic carbocycles. The molecule has 0 aliphatic carbocycles. The Morgan fingerprint density at radius 1 is 1.28 bits per heavy atom. The SMILES string of the molecule is Cc1ccc(C(N)CNCc2csc(C)n2)cc1. The molecule has 0 amide bonds. The molecule has 0 spiro atoms. The van der Waals surface area contributed by atoms with E-state index in [2.05, 4.69) is 46.9 Å². The number of nitrogens with two attached hydrogens (primary N) is 1. The molecule has 3 N–H and O–H groups in total. The highest BCUT2D eigenvalue weighted by Crippen LogP contribution is 2.11. The summed E-state index contributed by atoms with van der Waals surface area (Å²) in [5.41, 5.74) is 9.66.